The molecule has 0 N–H and O–H groups in total. The van der Waals surface area contributed by atoms with Crippen molar-refractivity contribution in [1.29, 1.82) is 0 Å². The van der Waals surface area contributed by atoms with Crippen molar-refractivity contribution in [3.8, 4) is 11.1 Å². The number of nitrogens with zero attached hydrogens (tertiary/aromatic N) is 2. The Morgan fingerprint density at radius 3 is 2.55 bits per heavy atom. The first-order valence-electron chi connectivity index (χ1n) is 9.82. The van der Waals surface area contributed by atoms with Crippen molar-refractivity contribution in [2.24, 2.45) is 0 Å². The van der Waals surface area contributed by atoms with Crippen LogP contribution in [0.15, 0.2) is 53.3 Å². The van der Waals surface area contributed by atoms with Gasteiger partial charge >= 0.3 is 0 Å². The lowest BCUT2D eigenvalue weighted by atomic mass is 10.0. The molecule has 29 heavy (non-hydrogen) atoms. The molecule has 0 bridgehead atoms. The zero-order valence-electron chi connectivity index (χ0n) is 16.8. The fourth-order valence-corrected chi connectivity index (χ4v) is 4.75. The van der Waals surface area contributed by atoms with Gasteiger partial charge in [0.05, 0.1) is 11.9 Å². The van der Waals surface area contributed by atoms with Crippen LogP contribution in [0.2, 0.25) is 0 Å². The number of hydrogen-bond acceptors (Lipinski definition) is 3. The summed E-state index contributed by atoms with van der Waals surface area (Å²) in [5, 5.41) is 0.660. The van der Waals surface area contributed by atoms with Crippen molar-refractivity contribution < 1.29 is 4.39 Å². The molecule has 0 unspecified atom stereocenters. The highest BCUT2D eigenvalue weighted by Crippen LogP contribution is 2.36. The molecule has 0 fully saturated rings. The van der Waals surface area contributed by atoms with Gasteiger partial charge in [0.1, 0.15) is 16.5 Å². The van der Waals surface area contributed by atoms with Gasteiger partial charge in [-0.05, 0) is 43.5 Å². The largest absolute Gasteiger partial charge is 0.292 e. The van der Waals surface area contributed by atoms with Gasteiger partial charge in [-0.1, -0.05) is 48.9 Å². The van der Waals surface area contributed by atoms with Gasteiger partial charge in [-0.15, -0.1) is 11.3 Å². The van der Waals surface area contributed by atoms with Gasteiger partial charge in [0.2, 0.25) is 0 Å². The molecule has 148 valence electrons. The molecule has 0 atom stereocenters. The maximum absolute atomic E-state index is 13.7. The van der Waals surface area contributed by atoms with Crippen LogP contribution in [0.3, 0.4) is 0 Å². The van der Waals surface area contributed by atoms with E-state index in [1.54, 1.807) is 22.0 Å². The van der Waals surface area contributed by atoms with Gasteiger partial charge in [-0.3, -0.25) is 9.36 Å². The standard InChI is InChI=1S/C24H23FN2OS/c1-4-6-20-26-23-22(21(16(3)29-23)18-11-9-15(2)10-12-18)24(28)27(20)14-17-7-5-8-19(25)13-17/h5,7-13H,4,6,14H2,1-3H3. The number of hydrogen-bond donors (Lipinski definition) is 0. The van der Waals surface area contributed by atoms with Gasteiger partial charge in [0, 0.05) is 16.9 Å². The summed E-state index contributed by atoms with van der Waals surface area (Å²) in [7, 11) is 0. The normalized spacial score (nSPS) is 11.3. The van der Waals surface area contributed by atoms with Crippen LogP contribution in [-0.2, 0) is 13.0 Å². The number of rotatable bonds is 5. The predicted octanol–water partition coefficient (Wildman–Crippen LogP) is 5.88. The van der Waals surface area contributed by atoms with E-state index in [1.807, 2.05) is 19.9 Å². The lowest BCUT2D eigenvalue weighted by Gasteiger charge is -2.13. The van der Waals surface area contributed by atoms with E-state index in [-0.39, 0.29) is 11.4 Å². The SMILES string of the molecule is CCCc1nc2sc(C)c(-c3ccc(C)cc3)c2c(=O)n1Cc1cccc(F)c1. The first-order valence-corrected chi connectivity index (χ1v) is 10.6. The third-order valence-electron chi connectivity index (χ3n) is 5.11. The number of thiophene rings is 1. The van der Waals surface area contributed by atoms with Crippen molar-refractivity contribution in [3.05, 3.63) is 86.5 Å². The number of aromatic nitrogens is 2. The van der Waals surface area contributed by atoms with Gasteiger partial charge in [0.15, 0.2) is 0 Å². The average molecular weight is 407 g/mol. The molecule has 0 aliphatic carbocycles. The molecule has 3 nitrogen and oxygen atoms in total. The molecule has 0 amide bonds. The van der Waals surface area contributed by atoms with Crippen LogP contribution in [0.5, 0.6) is 0 Å². The van der Waals surface area contributed by atoms with E-state index in [2.05, 4.69) is 31.2 Å². The molecule has 4 rings (SSSR count). The topological polar surface area (TPSA) is 34.9 Å². The molecule has 2 heterocycles. The highest BCUT2D eigenvalue weighted by atomic mass is 32.1. The number of fused-ring (bicyclic) bond motifs is 1. The molecular weight excluding hydrogens is 383 g/mol. The van der Waals surface area contributed by atoms with Gasteiger partial charge in [0.25, 0.3) is 5.56 Å². The van der Waals surface area contributed by atoms with Gasteiger partial charge in [-0.25, -0.2) is 9.37 Å². The Morgan fingerprint density at radius 2 is 1.86 bits per heavy atom. The van der Waals surface area contributed by atoms with Gasteiger partial charge < -0.3 is 0 Å². The van der Waals surface area contributed by atoms with Crippen molar-refractivity contribution in [2.45, 2.75) is 40.2 Å². The van der Waals surface area contributed by atoms with E-state index in [1.165, 1.54) is 17.7 Å². The molecule has 0 spiro atoms. The number of aryl methyl sites for hydroxylation is 3. The summed E-state index contributed by atoms with van der Waals surface area (Å²) in [5.41, 5.74) is 3.87. The summed E-state index contributed by atoms with van der Waals surface area (Å²) >= 11 is 1.56. The van der Waals surface area contributed by atoms with Crippen LogP contribution in [0, 0.1) is 19.7 Å². The molecule has 0 saturated carbocycles. The molecule has 0 saturated heterocycles. The number of halogens is 1. The van der Waals surface area contributed by atoms with Crippen LogP contribution < -0.4 is 5.56 Å². The molecule has 0 radical (unpaired) electrons. The second-order valence-electron chi connectivity index (χ2n) is 7.38. The van der Waals surface area contributed by atoms with E-state index >= 15 is 0 Å². The Kier molecular flexibility index (Phi) is 5.33. The zero-order chi connectivity index (χ0) is 20.5. The maximum Gasteiger partial charge on any atom is 0.263 e. The van der Waals surface area contributed by atoms with E-state index in [9.17, 15) is 9.18 Å². The summed E-state index contributed by atoms with van der Waals surface area (Å²) in [4.78, 5) is 20.3. The fraction of sp³-hybridized carbons (Fsp3) is 0.250. The molecule has 0 aliphatic rings. The summed E-state index contributed by atoms with van der Waals surface area (Å²) < 4.78 is 15.4. The van der Waals surface area contributed by atoms with E-state index in [0.717, 1.165) is 38.6 Å². The number of benzene rings is 2. The van der Waals surface area contributed by atoms with Gasteiger partial charge in [-0.2, -0.15) is 0 Å². The smallest absolute Gasteiger partial charge is 0.263 e. The van der Waals surface area contributed by atoms with Crippen LogP contribution in [0.1, 0.15) is 35.2 Å². The Balaban J connectivity index is 1.95. The summed E-state index contributed by atoms with van der Waals surface area (Å²) in [6.45, 7) is 6.47. The molecular formula is C24H23FN2OS. The van der Waals surface area contributed by atoms with E-state index < -0.39 is 0 Å². The Hall–Kier alpha value is -2.79. The Labute approximate surface area is 173 Å². The third kappa shape index (κ3) is 3.75. The predicted molar refractivity (Wildman–Crippen MR) is 118 cm³/mol. The van der Waals surface area contributed by atoms with Crippen LogP contribution >= 0.6 is 11.3 Å². The molecule has 5 heteroatoms. The van der Waals surface area contributed by atoms with Crippen molar-refractivity contribution in [3.63, 3.8) is 0 Å². The Morgan fingerprint density at radius 1 is 1.10 bits per heavy atom. The monoisotopic (exact) mass is 406 g/mol. The second-order valence-corrected chi connectivity index (χ2v) is 8.58. The van der Waals surface area contributed by atoms with Crippen LogP contribution in [0.4, 0.5) is 4.39 Å². The molecule has 0 aliphatic heterocycles. The zero-order valence-corrected chi connectivity index (χ0v) is 17.6. The summed E-state index contributed by atoms with van der Waals surface area (Å²) in [5.74, 6) is 0.458. The molecule has 2 aromatic heterocycles. The first-order chi connectivity index (χ1) is 14.0. The van der Waals surface area contributed by atoms with Crippen molar-refractivity contribution in [2.75, 3.05) is 0 Å². The molecule has 4 aromatic rings. The van der Waals surface area contributed by atoms with E-state index in [0.29, 0.717) is 18.4 Å². The van der Waals surface area contributed by atoms with Crippen molar-refractivity contribution >= 4 is 21.6 Å². The lowest BCUT2D eigenvalue weighted by molar-refractivity contribution is 0.618. The Bertz CT molecular complexity index is 1240. The maximum atomic E-state index is 13.7. The third-order valence-corrected chi connectivity index (χ3v) is 6.11. The molecule has 2 aromatic carbocycles. The average Bonchev–Trinajstić information content (AvgIpc) is 3.02. The van der Waals surface area contributed by atoms with Crippen LogP contribution in [-0.4, -0.2) is 9.55 Å². The van der Waals surface area contributed by atoms with E-state index in [4.69, 9.17) is 4.98 Å². The summed E-state index contributed by atoms with van der Waals surface area (Å²) in [6.07, 6.45) is 1.59. The van der Waals surface area contributed by atoms with Crippen LogP contribution in [0.25, 0.3) is 21.3 Å². The minimum Gasteiger partial charge on any atom is -0.292 e. The highest BCUT2D eigenvalue weighted by Gasteiger charge is 2.19. The minimum atomic E-state index is -0.298. The minimum absolute atomic E-state index is 0.0531. The van der Waals surface area contributed by atoms with Crippen molar-refractivity contribution in [1.82, 2.24) is 9.55 Å². The second kappa shape index (κ2) is 7.91. The quantitative estimate of drug-likeness (QED) is 0.415. The fourth-order valence-electron chi connectivity index (χ4n) is 3.70. The summed E-state index contributed by atoms with van der Waals surface area (Å²) in [6, 6.07) is 14.6. The lowest BCUT2D eigenvalue weighted by Crippen LogP contribution is -2.26. The first kappa shape index (κ1) is 19.5. The highest BCUT2D eigenvalue weighted by molar-refractivity contribution is 7.19.